The Morgan fingerprint density at radius 1 is 1.45 bits per heavy atom. The molecule has 20 heavy (non-hydrogen) atoms. The summed E-state index contributed by atoms with van der Waals surface area (Å²) in [5, 5.41) is 10.5. The quantitative estimate of drug-likeness (QED) is 0.645. The third-order valence-corrected chi connectivity index (χ3v) is 3.35. The highest BCUT2D eigenvalue weighted by Crippen LogP contribution is 2.20. The minimum absolute atomic E-state index is 0.0398. The summed E-state index contributed by atoms with van der Waals surface area (Å²) < 4.78 is 6.00. The van der Waals surface area contributed by atoms with Crippen molar-refractivity contribution in [2.45, 2.75) is 19.0 Å². The monoisotopic (exact) mass is 280 g/mol. The molecule has 2 fully saturated rings. The van der Waals surface area contributed by atoms with Crippen LogP contribution in [-0.2, 0) is 20.9 Å². The van der Waals surface area contributed by atoms with E-state index >= 15 is 0 Å². The first kappa shape index (κ1) is 12.5. The third-order valence-electron chi connectivity index (χ3n) is 3.35. The van der Waals surface area contributed by atoms with Gasteiger partial charge in [0.2, 0.25) is 5.91 Å². The lowest BCUT2D eigenvalue weighted by atomic mass is 10.2. The van der Waals surface area contributed by atoms with Crippen molar-refractivity contribution in [3.8, 4) is 0 Å². The molecule has 3 heterocycles. The number of likely N-dealkylation sites (tertiary alicyclic amines) is 1. The third kappa shape index (κ3) is 2.19. The van der Waals surface area contributed by atoms with E-state index in [1.807, 2.05) is 0 Å². The van der Waals surface area contributed by atoms with Crippen molar-refractivity contribution in [3.63, 3.8) is 0 Å². The molecule has 3 amide bonds. The van der Waals surface area contributed by atoms with Crippen LogP contribution in [0, 0.1) is 0 Å². The fraction of sp³-hybridized carbons (Fsp3) is 0.600. The standard InChI is InChI=1S/C10H12N6O4/c17-8(4-15-6-11-12-13-15)14-2-1-7(3-14)16-9(18)5-20-10(16)19/h6-7H,1-5H2. The van der Waals surface area contributed by atoms with Gasteiger partial charge in [-0.1, -0.05) is 0 Å². The zero-order chi connectivity index (χ0) is 14.1. The molecule has 2 saturated heterocycles. The van der Waals surface area contributed by atoms with Crippen molar-refractivity contribution < 1.29 is 19.1 Å². The molecular weight excluding hydrogens is 268 g/mol. The molecule has 0 aliphatic carbocycles. The summed E-state index contributed by atoms with van der Waals surface area (Å²) in [5.74, 6) is -0.505. The van der Waals surface area contributed by atoms with Crippen LogP contribution >= 0.6 is 0 Å². The van der Waals surface area contributed by atoms with E-state index in [0.717, 1.165) is 4.90 Å². The lowest BCUT2D eigenvalue weighted by Crippen LogP contribution is -2.42. The van der Waals surface area contributed by atoms with Gasteiger partial charge in [-0.2, -0.15) is 0 Å². The van der Waals surface area contributed by atoms with E-state index in [9.17, 15) is 14.4 Å². The van der Waals surface area contributed by atoms with Crippen LogP contribution in [0.3, 0.4) is 0 Å². The average molecular weight is 280 g/mol. The normalized spacial score (nSPS) is 22.5. The number of rotatable bonds is 3. The smallest absolute Gasteiger partial charge is 0.417 e. The van der Waals surface area contributed by atoms with Crippen molar-refractivity contribution >= 4 is 17.9 Å². The fourth-order valence-corrected chi connectivity index (χ4v) is 2.39. The van der Waals surface area contributed by atoms with Crippen LogP contribution in [-0.4, -0.2) is 73.7 Å². The van der Waals surface area contributed by atoms with Gasteiger partial charge in [0, 0.05) is 13.1 Å². The maximum absolute atomic E-state index is 12.0. The Balaban J connectivity index is 1.60. The summed E-state index contributed by atoms with van der Waals surface area (Å²) in [4.78, 5) is 37.7. The number of carbonyl (C=O) groups is 3. The topological polar surface area (TPSA) is 111 Å². The number of cyclic esters (lactones) is 1. The molecule has 1 unspecified atom stereocenters. The number of hydrogen-bond acceptors (Lipinski definition) is 7. The average Bonchev–Trinajstić information content (AvgIpc) is 3.11. The minimum Gasteiger partial charge on any atom is -0.439 e. The molecule has 0 aromatic carbocycles. The molecule has 106 valence electrons. The second-order valence-corrected chi connectivity index (χ2v) is 4.61. The van der Waals surface area contributed by atoms with Gasteiger partial charge in [-0.25, -0.2) is 14.4 Å². The molecule has 1 aromatic rings. The second-order valence-electron chi connectivity index (χ2n) is 4.61. The van der Waals surface area contributed by atoms with Crippen LogP contribution in [0.1, 0.15) is 6.42 Å². The molecule has 0 spiro atoms. The van der Waals surface area contributed by atoms with Gasteiger partial charge in [-0.15, -0.1) is 5.10 Å². The molecule has 0 saturated carbocycles. The number of ether oxygens (including phenoxy) is 1. The molecule has 1 atom stereocenters. The van der Waals surface area contributed by atoms with Crippen molar-refractivity contribution in [1.29, 1.82) is 0 Å². The van der Waals surface area contributed by atoms with Crippen molar-refractivity contribution in [2.24, 2.45) is 0 Å². The molecule has 10 heteroatoms. The van der Waals surface area contributed by atoms with Crippen LogP contribution in [0.4, 0.5) is 4.79 Å². The minimum atomic E-state index is -0.630. The van der Waals surface area contributed by atoms with Gasteiger partial charge in [-0.3, -0.25) is 9.59 Å². The molecule has 1 aromatic heterocycles. The predicted molar refractivity (Wildman–Crippen MR) is 61.0 cm³/mol. The van der Waals surface area contributed by atoms with Gasteiger partial charge in [0.05, 0.1) is 6.04 Å². The number of carbonyl (C=O) groups excluding carboxylic acids is 3. The number of imide groups is 1. The zero-order valence-electron chi connectivity index (χ0n) is 10.5. The van der Waals surface area contributed by atoms with Crippen molar-refractivity contribution in [3.05, 3.63) is 6.33 Å². The number of amides is 3. The van der Waals surface area contributed by atoms with Crippen LogP contribution < -0.4 is 0 Å². The molecule has 0 bridgehead atoms. The predicted octanol–water partition coefficient (Wildman–Crippen LogP) is -1.75. The van der Waals surface area contributed by atoms with E-state index in [1.54, 1.807) is 4.90 Å². The van der Waals surface area contributed by atoms with Gasteiger partial charge in [0.25, 0.3) is 5.91 Å². The molecule has 10 nitrogen and oxygen atoms in total. The van der Waals surface area contributed by atoms with Crippen LogP contribution in [0.5, 0.6) is 0 Å². The number of hydrogen-bond donors (Lipinski definition) is 0. The number of nitrogens with zero attached hydrogens (tertiary/aromatic N) is 6. The highest BCUT2D eigenvalue weighted by atomic mass is 16.6. The Bertz CT molecular complexity index is 528. The van der Waals surface area contributed by atoms with E-state index in [4.69, 9.17) is 0 Å². The number of aromatic nitrogens is 4. The van der Waals surface area contributed by atoms with Crippen molar-refractivity contribution in [2.75, 3.05) is 19.7 Å². The molecular formula is C10H12N6O4. The first-order chi connectivity index (χ1) is 9.65. The summed E-state index contributed by atoms with van der Waals surface area (Å²) in [5.41, 5.74) is 0. The Hall–Kier alpha value is -2.52. The molecule has 3 rings (SSSR count). The summed E-state index contributed by atoms with van der Waals surface area (Å²) in [7, 11) is 0. The second kappa shape index (κ2) is 4.87. The lowest BCUT2D eigenvalue weighted by Gasteiger charge is -2.20. The molecule has 0 radical (unpaired) electrons. The molecule has 2 aliphatic heterocycles. The van der Waals surface area contributed by atoms with Gasteiger partial charge >= 0.3 is 6.09 Å². The molecule has 2 aliphatic rings. The highest BCUT2D eigenvalue weighted by Gasteiger charge is 2.41. The summed E-state index contributed by atoms with van der Waals surface area (Å²) in [6.45, 7) is 0.635. The molecule has 0 N–H and O–H groups in total. The van der Waals surface area contributed by atoms with Crippen molar-refractivity contribution in [1.82, 2.24) is 30.0 Å². The Morgan fingerprint density at radius 3 is 2.95 bits per heavy atom. The summed E-state index contributed by atoms with van der Waals surface area (Å²) in [6, 6.07) is -0.310. The van der Waals surface area contributed by atoms with Crippen LogP contribution in [0.15, 0.2) is 6.33 Å². The largest absolute Gasteiger partial charge is 0.439 e. The van der Waals surface area contributed by atoms with Gasteiger partial charge in [-0.05, 0) is 16.8 Å². The first-order valence-electron chi connectivity index (χ1n) is 6.12. The SMILES string of the molecule is O=C(Cn1cnnn1)N1CCC(N2C(=O)COC2=O)C1. The number of tetrazole rings is 1. The van der Waals surface area contributed by atoms with E-state index in [0.29, 0.717) is 19.5 Å². The maximum atomic E-state index is 12.0. The lowest BCUT2D eigenvalue weighted by molar-refractivity contribution is -0.132. The van der Waals surface area contributed by atoms with E-state index in [-0.39, 0.29) is 31.0 Å². The fourth-order valence-electron chi connectivity index (χ4n) is 2.39. The van der Waals surface area contributed by atoms with Crippen LogP contribution in [0.2, 0.25) is 0 Å². The van der Waals surface area contributed by atoms with E-state index in [1.165, 1.54) is 11.0 Å². The Kier molecular flexibility index (Phi) is 3.05. The zero-order valence-corrected chi connectivity index (χ0v) is 10.5. The highest BCUT2D eigenvalue weighted by molar-refractivity contribution is 5.98. The van der Waals surface area contributed by atoms with Gasteiger partial charge in [0.1, 0.15) is 12.9 Å². The van der Waals surface area contributed by atoms with E-state index < -0.39 is 6.09 Å². The Labute approximate surface area is 113 Å². The Morgan fingerprint density at radius 2 is 2.30 bits per heavy atom. The summed E-state index contributed by atoms with van der Waals surface area (Å²) >= 11 is 0. The summed E-state index contributed by atoms with van der Waals surface area (Å²) in [6.07, 6.45) is 1.28. The maximum Gasteiger partial charge on any atom is 0.417 e. The van der Waals surface area contributed by atoms with Crippen LogP contribution in [0.25, 0.3) is 0 Å². The van der Waals surface area contributed by atoms with E-state index in [2.05, 4.69) is 20.3 Å². The van der Waals surface area contributed by atoms with Gasteiger partial charge < -0.3 is 9.64 Å². The first-order valence-corrected chi connectivity index (χ1v) is 6.12. The van der Waals surface area contributed by atoms with Gasteiger partial charge in [0.15, 0.2) is 6.61 Å².